The van der Waals surface area contributed by atoms with Gasteiger partial charge in [-0.1, -0.05) is 6.42 Å². The van der Waals surface area contributed by atoms with E-state index in [0.717, 1.165) is 12.8 Å². The Kier molecular flexibility index (Phi) is 38.4. The minimum atomic E-state index is -0.797. The second-order valence-electron chi connectivity index (χ2n) is 12.5. The highest BCUT2D eigenvalue weighted by Gasteiger charge is 2.23. The number of carbonyl (C=O) groups excluding carboxylic acids is 7. The summed E-state index contributed by atoms with van der Waals surface area (Å²) in [4.78, 5) is 97.5. The van der Waals surface area contributed by atoms with Gasteiger partial charge in [0, 0.05) is 71.4 Å². The zero-order valence-corrected chi connectivity index (χ0v) is 36.0. The van der Waals surface area contributed by atoms with Crippen molar-refractivity contribution in [1.82, 2.24) is 36.8 Å². The van der Waals surface area contributed by atoms with E-state index in [1.54, 1.807) is 4.90 Å². The number of hydrogen-bond acceptors (Lipinski definition) is 13. The summed E-state index contributed by atoms with van der Waals surface area (Å²) in [7, 11) is 0. The van der Waals surface area contributed by atoms with Crippen LogP contribution in [0.15, 0.2) is 0 Å². The number of rotatable bonds is 33. The topological polar surface area (TPSA) is 258 Å². The van der Waals surface area contributed by atoms with E-state index in [4.69, 9.17) is 15.6 Å². The molecular weight excluding hydrogens is 805 g/mol. The van der Waals surface area contributed by atoms with E-state index in [9.17, 15) is 33.6 Å². The summed E-state index contributed by atoms with van der Waals surface area (Å²) in [6, 6.07) is -1.59. The monoisotopic (exact) mass is 870 g/mol. The van der Waals surface area contributed by atoms with Crippen molar-refractivity contribution in [3.63, 3.8) is 0 Å². The van der Waals surface area contributed by atoms with Crippen LogP contribution in [0.5, 0.6) is 0 Å². The molecule has 56 heavy (non-hydrogen) atoms. The van der Waals surface area contributed by atoms with Gasteiger partial charge >= 0.3 is 0 Å². The van der Waals surface area contributed by atoms with Crippen molar-refractivity contribution in [2.24, 2.45) is 5.73 Å². The van der Waals surface area contributed by atoms with Crippen molar-refractivity contribution in [1.29, 1.82) is 0 Å². The first-order valence-electron chi connectivity index (χ1n) is 19.1. The van der Waals surface area contributed by atoms with E-state index in [0.29, 0.717) is 100 Å². The zero-order chi connectivity index (χ0) is 42.4. The van der Waals surface area contributed by atoms with Crippen LogP contribution in [0, 0.1) is 0 Å². The first-order chi connectivity index (χ1) is 26.9. The van der Waals surface area contributed by atoms with Crippen LogP contribution in [0.3, 0.4) is 0 Å². The second-order valence-corrected chi connectivity index (χ2v) is 14.3. The molecule has 0 aromatic heterocycles. The standard InChI is InChI=1S/C34H64N8O7S4.CH2O2/c35-15-5-1-2-10-32(47)42(20-18-38-33(48)26(40-30(45)13-24-52)8-3-6-16-36-28(43)11-22-50)21-19-39-34(49)27(41-31(46)14-25-53)9-4-7-17-37-29(44)12-23-51;2-1-3/h26-27,50-53H,1-25,35H2,(H,36,43)(H,37,44)(H,38,48)(H,39,49)(H,40,45)(H,41,46);1H,(H,2,3). The Morgan fingerprint density at radius 2 is 0.929 bits per heavy atom. The van der Waals surface area contributed by atoms with E-state index in [-0.39, 0.29) is 93.3 Å². The minimum Gasteiger partial charge on any atom is -0.483 e. The largest absolute Gasteiger partial charge is 0.483 e. The molecule has 17 nitrogen and oxygen atoms in total. The predicted molar refractivity (Wildman–Crippen MR) is 230 cm³/mol. The summed E-state index contributed by atoms with van der Waals surface area (Å²) in [5, 5.41) is 23.7. The third-order valence-corrected chi connectivity index (χ3v) is 8.85. The molecule has 0 bridgehead atoms. The molecule has 324 valence electrons. The fourth-order valence-electron chi connectivity index (χ4n) is 5.05. The van der Waals surface area contributed by atoms with Crippen LogP contribution in [0.25, 0.3) is 0 Å². The smallest absolute Gasteiger partial charge is 0.290 e. The van der Waals surface area contributed by atoms with Crippen molar-refractivity contribution in [2.75, 3.05) is 68.8 Å². The number of carboxylic acid groups (broad SMARTS) is 1. The predicted octanol–water partition coefficient (Wildman–Crippen LogP) is 0.0895. The van der Waals surface area contributed by atoms with Crippen LogP contribution in [0.1, 0.15) is 89.9 Å². The van der Waals surface area contributed by atoms with E-state index >= 15 is 0 Å². The molecule has 0 spiro atoms. The number of thiol groups is 4. The number of amides is 7. The molecule has 0 aliphatic carbocycles. The number of nitrogens with two attached hydrogens (primary N) is 1. The third kappa shape index (κ3) is 32.2. The molecule has 0 fully saturated rings. The van der Waals surface area contributed by atoms with Gasteiger partial charge in [-0.05, 0) is 80.9 Å². The average molecular weight is 871 g/mol. The lowest BCUT2D eigenvalue weighted by molar-refractivity contribution is -0.132. The highest BCUT2D eigenvalue weighted by molar-refractivity contribution is 7.80. The molecule has 2 unspecified atom stereocenters. The molecule has 7 amide bonds. The first kappa shape index (κ1) is 55.2. The van der Waals surface area contributed by atoms with Gasteiger partial charge in [-0.2, -0.15) is 50.5 Å². The number of hydrogen-bond donors (Lipinski definition) is 12. The van der Waals surface area contributed by atoms with Crippen molar-refractivity contribution in [2.45, 2.75) is 102 Å². The van der Waals surface area contributed by atoms with Gasteiger partial charge in [-0.15, -0.1) is 0 Å². The summed E-state index contributed by atoms with van der Waals surface area (Å²) in [5.74, 6) is -0.137. The molecule has 0 aromatic rings. The van der Waals surface area contributed by atoms with Crippen LogP contribution in [-0.2, 0) is 38.4 Å². The normalized spacial score (nSPS) is 11.4. The maximum absolute atomic E-state index is 13.2. The molecule has 0 rings (SSSR count). The average Bonchev–Trinajstić information content (AvgIpc) is 3.15. The Bertz CT molecular complexity index is 1070. The quantitative estimate of drug-likeness (QED) is 0.0241. The van der Waals surface area contributed by atoms with Gasteiger partial charge in [0.15, 0.2) is 0 Å². The number of carbonyl (C=O) groups is 8. The van der Waals surface area contributed by atoms with Crippen molar-refractivity contribution >= 4 is 98.3 Å². The van der Waals surface area contributed by atoms with Crippen molar-refractivity contribution in [3.05, 3.63) is 0 Å². The maximum atomic E-state index is 13.2. The van der Waals surface area contributed by atoms with Gasteiger partial charge in [0.1, 0.15) is 12.1 Å². The molecule has 0 aliphatic heterocycles. The number of unbranched alkanes of at least 4 members (excludes halogenated alkanes) is 4. The summed E-state index contributed by atoms with van der Waals surface area (Å²) >= 11 is 16.3. The highest BCUT2D eigenvalue weighted by atomic mass is 32.1. The molecule has 0 saturated heterocycles. The summed E-state index contributed by atoms with van der Waals surface area (Å²) < 4.78 is 0. The molecule has 21 heteroatoms. The lowest BCUT2D eigenvalue weighted by Crippen LogP contribution is -2.50. The first-order valence-corrected chi connectivity index (χ1v) is 21.6. The fourth-order valence-corrected chi connectivity index (χ4v) is 5.86. The zero-order valence-electron chi connectivity index (χ0n) is 32.4. The van der Waals surface area contributed by atoms with Gasteiger partial charge in [0.05, 0.1) is 0 Å². The van der Waals surface area contributed by atoms with Gasteiger partial charge < -0.3 is 47.6 Å². The maximum Gasteiger partial charge on any atom is 0.290 e. The third-order valence-electron chi connectivity index (χ3n) is 7.95. The van der Waals surface area contributed by atoms with Crippen molar-refractivity contribution < 1.29 is 43.5 Å². The van der Waals surface area contributed by atoms with E-state index < -0.39 is 12.1 Å². The van der Waals surface area contributed by atoms with Gasteiger partial charge in [-0.3, -0.25) is 38.4 Å². The molecule has 0 saturated carbocycles. The second kappa shape index (κ2) is 39.0. The van der Waals surface area contributed by atoms with Crippen LogP contribution in [0.2, 0.25) is 0 Å². The fraction of sp³-hybridized carbons (Fsp3) is 0.771. The molecule has 9 N–H and O–H groups in total. The van der Waals surface area contributed by atoms with Crippen molar-refractivity contribution in [3.8, 4) is 0 Å². The Balaban J connectivity index is 0. The van der Waals surface area contributed by atoms with Gasteiger partial charge in [0.25, 0.3) is 6.47 Å². The number of nitrogens with zero attached hydrogens (tertiary/aromatic N) is 1. The van der Waals surface area contributed by atoms with Gasteiger partial charge in [0.2, 0.25) is 41.4 Å². The lowest BCUT2D eigenvalue weighted by Gasteiger charge is -2.25. The van der Waals surface area contributed by atoms with E-state index in [1.807, 2.05) is 0 Å². The van der Waals surface area contributed by atoms with E-state index in [2.05, 4.69) is 82.4 Å². The summed E-state index contributed by atoms with van der Waals surface area (Å²) in [6.45, 7) is 1.76. The Morgan fingerprint density at radius 1 is 0.536 bits per heavy atom. The molecular formula is C35H66N8O9S4. The van der Waals surface area contributed by atoms with Crippen LogP contribution in [-0.4, -0.2) is 139 Å². The molecule has 0 heterocycles. The van der Waals surface area contributed by atoms with E-state index in [1.165, 1.54) is 0 Å². The lowest BCUT2D eigenvalue weighted by atomic mass is 10.1. The minimum absolute atomic E-state index is 0.0933. The molecule has 0 radical (unpaired) electrons. The SMILES string of the molecule is NCCCCCC(=O)N(CCNC(=O)C(CCCCNC(=O)CCS)NC(=O)CCS)CCNC(=O)C(CCCCNC(=O)CCS)NC(=O)CCS.O=CO. The van der Waals surface area contributed by atoms with Crippen LogP contribution >= 0.6 is 50.5 Å². The Hall–Kier alpha value is -2.88. The van der Waals surface area contributed by atoms with Crippen LogP contribution < -0.4 is 37.6 Å². The summed E-state index contributed by atoms with van der Waals surface area (Å²) in [5.41, 5.74) is 5.60. The number of nitrogens with one attached hydrogen (secondary N) is 6. The molecule has 2 atom stereocenters. The summed E-state index contributed by atoms with van der Waals surface area (Å²) in [6.07, 6.45) is 6.59. The Morgan fingerprint density at radius 3 is 1.30 bits per heavy atom. The molecule has 0 aliphatic rings. The highest BCUT2D eigenvalue weighted by Crippen LogP contribution is 2.06. The molecule has 0 aromatic carbocycles. The van der Waals surface area contributed by atoms with Crippen LogP contribution in [0.4, 0.5) is 0 Å². The Labute approximate surface area is 353 Å². The van der Waals surface area contributed by atoms with Gasteiger partial charge in [-0.25, -0.2) is 0 Å².